The number of rotatable bonds is 2. The van der Waals surface area contributed by atoms with Crippen LogP contribution in [0.3, 0.4) is 0 Å². The number of hydrogen-bond donors (Lipinski definition) is 0. The lowest BCUT2D eigenvalue weighted by atomic mass is 9.81. The van der Waals surface area contributed by atoms with E-state index in [0.717, 1.165) is 19.3 Å². The van der Waals surface area contributed by atoms with Gasteiger partial charge in [0.2, 0.25) is 0 Å². The van der Waals surface area contributed by atoms with Crippen molar-refractivity contribution >= 4 is 11.1 Å². The zero-order chi connectivity index (χ0) is 16.9. The molecule has 25 heavy (non-hydrogen) atoms. The Hall–Kier alpha value is -2.60. The summed E-state index contributed by atoms with van der Waals surface area (Å²) in [5.74, 6) is 0.609. The third-order valence-electron chi connectivity index (χ3n) is 5.17. The lowest BCUT2D eigenvalue weighted by molar-refractivity contribution is 0.609. The Labute approximate surface area is 150 Å². The van der Waals surface area contributed by atoms with Crippen LogP contribution in [0.1, 0.15) is 36.0 Å². The fourth-order valence-corrected chi connectivity index (χ4v) is 3.87. The molecule has 2 aliphatic carbocycles. The second-order valence-electron chi connectivity index (χ2n) is 6.94. The first-order valence-electron chi connectivity index (χ1n) is 9.27. The fraction of sp³-hybridized carbons (Fsp3) is 0.200. The molecule has 1 unspecified atom stereocenters. The van der Waals surface area contributed by atoms with E-state index in [2.05, 4.69) is 91.1 Å². The second-order valence-corrected chi connectivity index (χ2v) is 6.94. The smallest absolute Gasteiger partial charge is 0.00227 e. The van der Waals surface area contributed by atoms with Gasteiger partial charge in [-0.15, -0.1) is 0 Å². The predicted octanol–water partition coefficient (Wildman–Crippen LogP) is 6.62. The van der Waals surface area contributed by atoms with Gasteiger partial charge in [0, 0.05) is 0 Å². The van der Waals surface area contributed by atoms with Crippen LogP contribution in [0, 0.1) is 5.92 Å². The van der Waals surface area contributed by atoms with Crippen LogP contribution in [0.2, 0.25) is 0 Å². The van der Waals surface area contributed by atoms with Crippen molar-refractivity contribution in [2.24, 2.45) is 5.92 Å². The van der Waals surface area contributed by atoms with E-state index in [1.807, 2.05) is 0 Å². The molecule has 0 amide bonds. The quantitative estimate of drug-likeness (QED) is 0.582. The molecule has 1 atom stereocenters. The molecule has 0 spiro atoms. The molecule has 4 rings (SSSR count). The van der Waals surface area contributed by atoms with Crippen LogP contribution in [0.15, 0.2) is 91.1 Å². The molecule has 124 valence electrons. The van der Waals surface area contributed by atoms with Gasteiger partial charge in [-0.3, -0.25) is 0 Å². The molecule has 0 heteroatoms. The van der Waals surface area contributed by atoms with Crippen LogP contribution in [-0.2, 0) is 6.42 Å². The van der Waals surface area contributed by atoms with Gasteiger partial charge in [0.25, 0.3) is 0 Å². The summed E-state index contributed by atoms with van der Waals surface area (Å²) >= 11 is 0. The van der Waals surface area contributed by atoms with E-state index in [1.165, 1.54) is 34.3 Å². The van der Waals surface area contributed by atoms with E-state index in [0.29, 0.717) is 5.92 Å². The van der Waals surface area contributed by atoms with E-state index in [1.54, 1.807) is 0 Å². The first-order valence-corrected chi connectivity index (χ1v) is 9.27. The monoisotopic (exact) mass is 324 g/mol. The first-order chi connectivity index (χ1) is 12.4. The van der Waals surface area contributed by atoms with Crippen molar-refractivity contribution in [2.45, 2.75) is 25.7 Å². The molecule has 0 saturated heterocycles. The largest absolute Gasteiger partial charge is 0.0840 e. The van der Waals surface area contributed by atoms with Crippen LogP contribution >= 0.6 is 0 Å². The minimum atomic E-state index is 0.609. The Morgan fingerprint density at radius 2 is 1.60 bits per heavy atom. The average molecular weight is 324 g/mol. The zero-order valence-electron chi connectivity index (χ0n) is 14.6. The summed E-state index contributed by atoms with van der Waals surface area (Å²) in [6, 6.07) is 19.8. The van der Waals surface area contributed by atoms with Crippen molar-refractivity contribution in [1.82, 2.24) is 0 Å². The number of allylic oxidation sites excluding steroid dienone is 8. The Bertz CT molecular complexity index is 847. The predicted molar refractivity (Wildman–Crippen MR) is 108 cm³/mol. The molecule has 0 radical (unpaired) electrons. The average Bonchev–Trinajstić information content (AvgIpc) is 2.65. The van der Waals surface area contributed by atoms with E-state index in [9.17, 15) is 0 Å². The Balaban J connectivity index is 1.84. The van der Waals surface area contributed by atoms with Crippen molar-refractivity contribution in [3.8, 4) is 0 Å². The molecule has 2 bridgehead atoms. The molecule has 0 heterocycles. The molecule has 0 aromatic heterocycles. The van der Waals surface area contributed by atoms with Crippen LogP contribution in [-0.4, -0.2) is 0 Å². The SMILES string of the molecule is C1=C\C=C2/CCC(/C=C(/Cc3ccccc3)c3ccccc32)C\C=C/1. The topological polar surface area (TPSA) is 0 Å². The summed E-state index contributed by atoms with van der Waals surface area (Å²) in [6.07, 6.45) is 18.2. The van der Waals surface area contributed by atoms with Crippen LogP contribution in [0.4, 0.5) is 0 Å². The van der Waals surface area contributed by atoms with Gasteiger partial charge in [0.05, 0.1) is 0 Å². The third-order valence-corrected chi connectivity index (χ3v) is 5.17. The highest BCUT2D eigenvalue weighted by atomic mass is 14.2. The second kappa shape index (κ2) is 7.53. The van der Waals surface area contributed by atoms with Crippen molar-refractivity contribution in [3.05, 3.63) is 108 Å². The van der Waals surface area contributed by atoms with Crippen molar-refractivity contribution in [3.63, 3.8) is 0 Å². The highest BCUT2D eigenvalue weighted by Gasteiger charge is 2.18. The standard InChI is InChI=1S/C25H24/c1-2-7-13-22-17-16-21(12-4-1)19-23(18-20-10-5-3-6-11-20)25-15-9-8-14-24(22)25/h1-11,13-15,19,21H,12,16-18H2/b4-1-,7-2-,22-13+,23-19-. The Kier molecular flexibility index (Phi) is 4.79. The van der Waals surface area contributed by atoms with Gasteiger partial charge >= 0.3 is 0 Å². The molecule has 0 fully saturated rings. The summed E-state index contributed by atoms with van der Waals surface area (Å²) < 4.78 is 0. The summed E-state index contributed by atoms with van der Waals surface area (Å²) in [7, 11) is 0. The van der Waals surface area contributed by atoms with Crippen LogP contribution < -0.4 is 0 Å². The molecule has 2 aromatic carbocycles. The minimum Gasteiger partial charge on any atom is -0.0840 e. The molecule has 2 aliphatic rings. The van der Waals surface area contributed by atoms with Gasteiger partial charge < -0.3 is 0 Å². The maximum Gasteiger partial charge on any atom is -0.00227 e. The van der Waals surface area contributed by atoms with E-state index >= 15 is 0 Å². The maximum absolute atomic E-state index is 2.54. The number of fused-ring (bicyclic) bond motifs is 5. The number of benzene rings is 2. The van der Waals surface area contributed by atoms with Gasteiger partial charge in [0.15, 0.2) is 0 Å². The molecule has 0 N–H and O–H groups in total. The van der Waals surface area contributed by atoms with Gasteiger partial charge in [-0.25, -0.2) is 0 Å². The minimum absolute atomic E-state index is 0.609. The highest BCUT2D eigenvalue weighted by Crippen LogP contribution is 2.36. The first kappa shape index (κ1) is 15.9. The number of hydrogen-bond acceptors (Lipinski definition) is 0. The van der Waals surface area contributed by atoms with Crippen molar-refractivity contribution in [1.29, 1.82) is 0 Å². The molecule has 0 aliphatic heterocycles. The van der Waals surface area contributed by atoms with Gasteiger partial charge in [-0.1, -0.05) is 91.1 Å². The lowest BCUT2D eigenvalue weighted by Gasteiger charge is -2.23. The molecule has 2 aromatic rings. The van der Waals surface area contributed by atoms with E-state index in [-0.39, 0.29) is 0 Å². The summed E-state index contributed by atoms with van der Waals surface area (Å²) in [5.41, 5.74) is 7.12. The Morgan fingerprint density at radius 1 is 0.800 bits per heavy atom. The van der Waals surface area contributed by atoms with Gasteiger partial charge in [-0.05, 0) is 59.4 Å². The Morgan fingerprint density at radius 3 is 2.48 bits per heavy atom. The summed E-state index contributed by atoms with van der Waals surface area (Å²) in [4.78, 5) is 0. The third kappa shape index (κ3) is 3.74. The molecule has 0 nitrogen and oxygen atoms in total. The normalized spacial score (nSPS) is 26.2. The fourth-order valence-electron chi connectivity index (χ4n) is 3.87. The maximum atomic E-state index is 2.54. The van der Waals surface area contributed by atoms with Crippen LogP contribution in [0.5, 0.6) is 0 Å². The summed E-state index contributed by atoms with van der Waals surface area (Å²) in [6.45, 7) is 0. The molecular formula is C25H24. The van der Waals surface area contributed by atoms with Gasteiger partial charge in [0.1, 0.15) is 0 Å². The lowest BCUT2D eigenvalue weighted by Crippen LogP contribution is -2.06. The van der Waals surface area contributed by atoms with Gasteiger partial charge in [-0.2, -0.15) is 0 Å². The summed E-state index contributed by atoms with van der Waals surface area (Å²) in [5, 5.41) is 0. The van der Waals surface area contributed by atoms with Crippen LogP contribution in [0.25, 0.3) is 11.1 Å². The highest BCUT2D eigenvalue weighted by molar-refractivity contribution is 5.82. The molecular weight excluding hydrogens is 300 g/mol. The van der Waals surface area contributed by atoms with E-state index in [4.69, 9.17) is 0 Å². The van der Waals surface area contributed by atoms with Crippen molar-refractivity contribution < 1.29 is 0 Å². The van der Waals surface area contributed by atoms with E-state index < -0.39 is 0 Å². The van der Waals surface area contributed by atoms with Crippen molar-refractivity contribution in [2.75, 3.05) is 0 Å². The molecule has 0 saturated carbocycles. The zero-order valence-corrected chi connectivity index (χ0v) is 14.6.